The summed E-state index contributed by atoms with van der Waals surface area (Å²) in [5, 5.41) is 0. The van der Waals surface area contributed by atoms with Crippen molar-refractivity contribution in [1.29, 1.82) is 0 Å². The van der Waals surface area contributed by atoms with Crippen molar-refractivity contribution in [3.8, 4) is 0 Å². The minimum Gasteiger partial charge on any atom is -0.330 e. The van der Waals surface area contributed by atoms with Gasteiger partial charge in [0.25, 0.3) is 0 Å². The van der Waals surface area contributed by atoms with Crippen LogP contribution in [0.4, 0.5) is 0 Å². The molecule has 0 aromatic carbocycles. The van der Waals surface area contributed by atoms with Crippen molar-refractivity contribution >= 4 is 0 Å². The molecule has 0 saturated heterocycles. The standard InChI is InChI=1S/C12H26N2/c1-9(2)7-10(3)14(4)12-6-5-11(12)8-13/h9-12H,5-8,13H2,1-4H3. The summed E-state index contributed by atoms with van der Waals surface area (Å²) in [6, 6.07) is 1.46. The lowest BCUT2D eigenvalue weighted by atomic mass is 9.78. The number of rotatable bonds is 5. The SMILES string of the molecule is CC(C)CC(C)N(C)C1CCC1CN. The van der Waals surface area contributed by atoms with Gasteiger partial charge in [-0.2, -0.15) is 0 Å². The van der Waals surface area contributed by atoms with Gasteiger partial charge in [0, 0.05) is 12.1 Å². The van der Waals surface area contributed by atoms with Gasteiger partial charge in [0.05, 0.1) is 0 Å². The van der Waals surface area contributed by atoms with Crippen molar-refractivity contribution in [2.75, 3.05) is 13.6 Å². The van der Waals surface area contributed by atoms with Gasteiger partial charge in [-0.25, -0.2) is 0 Å². The van der Waals surface area contributed by atoms with Gasteiger partial charge in [-0.05, 0) is 51.6 Å². The summed E-state index contributed by atoms with van der Waals surface area (Å²) in [7, 11) is 2.26. The van der Waals surface area contributed by atoms with E-state index < -0.39 is 0 Å². The van der Waals surface area contributed by atoms with E-state index in [1.54, 1.807) is 0 Å². The predicted molar refractivity (Wildman–Crippen MR) is 62.2 cm³/mol. The molecule has 2 heteroatoms. The zero-order valence-corrected chi connectivity index (χ0v) is 10.2. The molecule has 0 aromatic rings. The van der Waals surface area contributed by atoms with E-state index in [9.17, 15) is 0 Å². The van der Waals surface area contributed by atoms with Crippen molar-refractivity contribution in [2.24, 2.45) is 17.6 Å². The maximum atomic E-state index is 5.74. The Bertz CT molecular complexity index is 166. The Labute approximate surface area is 88.8 Å². The summed E-state index contributed by atoms with van der Waals surface area (Å²) < 4.78 is 0. The summed E-state index contributed by atoms with van der Waals surface area (Å²) in [6.45, 7) is 7.80. The van der Waals surface area contributed by atoms with Crippen LogP contribution >= 0.6 is 0 Å². The first-order valence-corrected chi connectivity index (χ1v) is 5.98. The molecule has 0 radical (unpaired) electrons. The molecule has 3 unspecified atom stereocenters. The Hall–Kier alpha value is -0.0800. The number of hydrogen-bond acceptors (Lipinski definition) is 2. The first-order valence-electron chi connectivity index (χ1n) is 5.98. The van der Waals surface area contributed by atoms with Crippen molar-refractivity contribution < 1.29 is 0 Å². The van der Waals surface area contributed by atoms with Gasteiger partial charge in [-0.15, -0.1) is 0 Å². The summed E-state index contributed by atoms with van der Waals surface area (Å²) >= 11 is 0. The van der Waals surface area contributed by atoms with Crippen molar-refractivity contribution in [3.63, 3.8) is 0 Å². The fourth-order valence-electron chi connectivity index (χ4n) is 2.54. The first-order chi connectivity index (χ1) is 6.56. The molecular formula is C12H26N2. The van der Waals surface area contributed by atoms with Crippen LogP contribution in [0.5, 0.6) is 0 Å². The Morgan fingerprint density at radius 2 is 1.93 bits per heavy atom. The normalized spacial score (nSPS) is 29.4. The monoisotopic (exact) mass is 198 g/mol. The van der Waals surface area contributed by atoms with E-state index in [-0.39, 0.29) is 0 Å². The average molecular weight is 198 g/mol. The van der Waals surface area contributed by atoms with Crippen LogP contribution in [0.25, 0.3) is 0 Å². The van der Waals surface area contributed by atoms with E-state index in [2.05, 4.69) is 32.7 Å². The van der Waals surface area contributed by atoms with Crippen LogP contribution in [0.2, 0.25) is 0 Å². The van der Waals surface area contributed by atoms with Crippen LogP contribution in [0.15, 0.2) is 0 Å². The van der Waals surface area contributed by atoms with Gasteiger partial charge < -0.3 is 10.6 Å². The molecule has 2 N–H and O–H groups in total. The van der Waals surface area contributed by atoms with Gasteiger partial charge in [0.2, 0.25) is 0 Å². The van der Waals surface area contributed by atoms with Gasteiger partial charge in [-0.3, -0.25) is 0 Å². The maximum Gasteiger partial charge on any atom is 0.0135 e. The second-order valence-electron chi connectivity index (χ2n) is 5.28. The Morgan fingerprint density at radius 1 is 1.29 bits per heavy atom. The molecule has 1 fully saturated rings. The second-order valence-corrected chi connectivity index (χ2v) is 5.28. The molecule has 3 atom stereocenters. The van der Waals surface area contributed by atoms with Crippen LogP contribution < -0.4 is 5.73 Å². The summed E-state index contributed by atoms with van der Waals surface area (Å²) in [5.74, 6) is 1.55. The quantitative estimate of drug-likeness (QED) is 0.733. The molecule has 0 spiro atoms. The third-order valence-corrected chi connectivity index (χ3v) is 3.71. The Morgan fingerprint density at radius 3 is 2.29 bits per heavy atom. The lowest BCUT2D eigenvalue weighted by Gasteiger charge is -2.45. The van der Waals surface area contributed by atoms with E-state index in [0.717, 1.165) is 24.4 Å². The molecule has 1 rings (SSSR count). The molecule has 0 bridgehead atoms. The highest BCUT2D eigenvalue weighted by Crippen LogP contribution is 2.32. The third-order valence-electron chi connectivity index (χ3n) is 3.71. The van der Waals surface area contributed by atoms with E-state index in [1.165, 1.54) is 19.3 Å². The highest BCUT2D eigenvalue weighted by molar-refractivity contribution is 4.89. The molecule has 0 aromatic heterocycles. The van der Waals surface area contributed by atoms with Gasteiger partial charge in [0.1, 0.15) is 0 Å². The van der Waals surface area contributed by atoms with E-state index >= 15 is 0 Å². The summed E-state index contributed by atoms with van der Waals surface area (Å²) in [5.41, 5.74) is 5.74. The number of nitrogens with two attached hydrogens (primary N) is 1. The Balaban J connectivity index is 2.36. The molecule has 0 amide bonds. The van der Waals surface area contributed by atoms with Crippen molar-refractivity contribution in [2.45, 2.75) is 52.1 Å². The smallest absolute Gasteiger partial charge is 0.0135 e. The second kappa shape index (κ2) is 5.13. The van der Waals surface area contributed by atoms with Crippen LogP contribution in [-0.2, 0) is 0 Å². The van der Waals surface area contributed by atoms with Crippen LogP contribution in [0.1, 0.15) is 40.0 Å². The Kier molecular flexibility index (Phi) is 4.39. The molecule has 1 aliphatic carbocycles. The molecule has 14 heavy (non-hydrogen) atoms. The molecule has 0 aliphatic heterocycles. The molecule has 2 nitrogen and oxygen atoms in total. The lowest BCUT2D eigenvalue weighted by molar-refractivity contribution is 0.0528. The van der Waals surface area contributed by atoms with Crippen LogP contribution in [0, 0.1) is 11.8 Å². The van der Waals surface area contributed by atoms with E-state index in [1.807, 2.05) is 0 Å². The van der Waals surface area contributed by atoms with Gasteiger partial charge >= 0.3 is 0 Å². The highest BCUT2D eigenvalue weighted by Gasteiger charge is 2.34. The highest BCUT2D eigenvalue weighted by atomic mass is 15.2. The van der Waals surface area contributed by atoms with E-state index in [0.29, 0.717) is 6.04 Å². The first kappa shape index (κ1) is 12.0. The van der Waals surface area contributed by atoms with Gasteiger partial charge in [0.15, 0.2) is 0 Å². The fraction of sp³-hybridized carbons (Fsp3) is 1.00. The number of nitrogens with zero attached hydrogens (tertiary/aromatic N) is 1. The molecule has 84 valence electrons. The largest absolute Gasteiger partial charge is 0.330 e. The van der Waals surface area contributed by atoms with Crippen LogP contribution in [-0.4, -0.2) is 30.6 Å². The number of hydrogen-bond donors (Lipinski definition) is 1. The van der Waals surface area contributed by atoms with E-state index in [4.69, 9.17) is 5.73 Å². The molecule has 1 saturated carbocycles. The van der Waals surface area contributed by atoms with Crippen LogP contribution in [0.3, 0.4) is 0 Å². The molecule has 0 heterocycles. The van der Waals surface area contributed by atoms with Crippen molar-refractivity contribution in [1.82, 2.24) is 4.90 Å². The van der Waals surface area contributed by atoms with Crippen molar-refractivity contribution in [3.05, 3.63) is 0 Å². The summed E-state index contributed by atoms with van der Waals surface area (Å²) in [6.07, 6.45) is 3.98. The lowest BCUT2D eigenvalue weighted by Crippen LogP contribution is -2.51. The maximum absolute atomic E-state index is 5.74. The minimum absolute atomic E-state index is 0.703. The summed E-state index contributed by atoms with van der Waals surface area (Å²) in [4.78, 5) is 2.54. The molecular weight excluding hydrogens is 172 g/mol. The average Bonchev–Trinajstić information content (AvgIpc) is 2.01. The fourth-order valence-corrected chi connectivity index (χ4v) is 2.54. The predicted octanol–water partition coefficient (Wildman–Crippen LogP) is 2.09. The third kappa shape index (κ3) is 2.71. The zero-order chi connectivity index (χ0) is 10.7. The minimum atomic E-state index is 0.703. The van der Waals surface area contributed by atoms with Gasteiger partial charge in [-0.1, -0.05) is 13.8 Å². The molecule has 1 aliphatic rings. The zero-order valence-electron chi connectivity index (χ0n) is 10.2. The topological polar surface area (TPSA) is 29.3 Å².